The van der Waals surface area contributed by atoms with Gasteiger partial charge >= 0.3 is 5.97 Å². The van der Waals surface area contributed by atoms with Crippen LogP contribution in [0.2, 0.25) is 0 Å². The van der Waals surface area contributed by atoms with E-state index in [9.17, 15) is 25.0 Å². The number of carbonyl (C=O) groups is 2. The summed E-state index contributed by atoms with van der Waals surface area (Å²) in [7, 11) is 2.74. The fourth-order valence-corrected chi connectivity index (χ4v) is 3.11. The molecule has 3 rings (SSSR count). The van der Waals surface area contributed by atoms with Gasteiger partial charge in [-0.2, -0.15) is 5.26 Å². The molecule has 36 heavy (non-hydrogen) atoms. The third-order valence-corrected chi connectivity index (χ3v) is 5.00. The van der Waals surface area contributed by atoms with E-state index in [1.165, 1.54) is 50.6 Å². The van der Waals surface area contributed by atoms with Gasteiger partial charge in [0.2, 0.25) is 0 Å². The van der Waals surface area contributed by atoms with E-state index >= 15 is 0 Å². The van der Waals surface area contributed by atoms with E-state index in [2.05, 4.69) is 5.32 Å². The van der Waals surface area contributed by atoms with E-state index < -0.39 is 16.8 Å². The minimum Gasteiger partial charge on any atom is -0.496 e. The summed E-state index contributed by atoms with van der Waals surface area (Å²) in [6.07, 6.45) is 1.28. The Labute approximate surface area is 206 Å². The molecule has 0 saturated heterocycles. The number of anilines is 1. The lowest BCUT2D eigenvalue weighted by Gasteiger charge is -2.10. The minimum atomic E-state index is -0.848. The lowest BCUT2D eigenvalue weighted by molar-refractivity contribution is -0.384. The summed E-state index contributed by atoms with van der Waals surface area (Å²) in [5.41, 5.74) is 0.968. The second kappa shape index (κ2) is 11.3. The lowest BCUT2D eigenvalue weighted by atomic mass is 10.1. The third kappa shape index (κ3) is 6.03. The van der Waals surface area contributed by atoms with Gasteiger partial charge in [-0.1, -0.05) is 23.8 Å². The highest BCUT2D eigenvalue weighted by Crippen LogP contribution is 2.31. The highest BCUT2D eigenvalue weighted by atomic mass is 16.6. The number of rotatable bonds is 8. The molecule has 0 heterocycles. The van der Waals surface area contributed by atoms with Crippen LogP contribution in [0, 0.1) is 28.4 Å². The molecule has 1 N–H and O–H groups in total. The van der Waals surface area contributed by atoms with E-state index in [1.54, 1.807) is 30.3 Å². The van der Waals surface area contributed by atoms with E-state index in [1.807, 2.05) is 6.92 Å². The molecule has 0 aliphatic carbocycles. The van der Waals surface area contributed by atoms with Crippen LogP contribution in [0.4, 0.5) is 11.4 Å². The molecule has 10 nitrogen and oxygen atoms in total. The summed E-state index contributed by atoms with van der Waals surface area (Å²) in [5.74, 6) is -0.829. The molecule has 0 aliphatic heterocycles. The molecule has 3 aromatic rings. The second-order valence-corrected chi connectivity index (χ2v) is 7.43. The molecule has 3 aromatic carbocycles. The maximum atomic E-state index is 12.7. The number of carbonyl (C=O) groups excluding carboxylic acids is 2. The molecule has 0 aliphatic rings. The Morgan fingerprint density at radius 3 is 2.33 bits per heavy atom. The van der Waals surface area contributed by atoms with Crippen molar-refractivity contribution in [3.05, 3.63) is 93.0 Å². The lowest BCUT2D eigenvalue weighted by Crippen LogP contribution is -2.14. The van der Waals surface area contributed by atoms with Crippen LogP contribution in [0.25, 0.3) is 6.08 Å². The van der Waals surface area contributed by atoms with Gasteiger partial charge in [0.1, 0.15) is 23.1 Å². The highest BCUT2D eigenvalue weighted by Gasteiger charge is 2.20. The first-order valence-corrected chi connectivity index (χ1v) is 10.5. The maximum Gasteiger partial charge on any atom is 0.343 e. The van der Waals surface area contributed by atoms with Crippen LogP contribution >= 0.6 is 0 Å². The number of aryl methyl sites for hydroxylation is 1. The number of amides is 1. The largest absolute Gasteiger partial charge is 0.496 e. The Balaban J connectivity index is 1.83. The van der Waals surface area contributed by atoms with Crippen LogP contribution in [0.3, 0.4) is 0 Å². The minimum absolute atomic E-state index is 0.0945. The fourth-order valence-electron chi connectivity index (χ4n) is 3.11. The number of nitrogens with zero attached hydrogens (tertiary/aromatic N) is 2. The molecule has 0 atom stereocenters. The van der Waals surface area contributed by atoms with Crippen molar-refractivity contribution in [2.75, 3.05) is 19.5 Å². The van der Waals surface area contributed by atoms with Crippen molar-refractivity contribution < 1.29 is 28.7 Å². The maximum absolute atomic E-state index is 12.7. The predicted octanol–water partition coefficient (Wildman–Crippen LogP) is 4.69. The average molecular weight is 487 g/mol. The van der Waals surface area contributed by atoms with Gasteiger partial charge in [-0.3, -0.25) is 14.9 Å². The molecule has 0 saturated carbocycles. The number of ether oxygens (including phenoxy) is 3. The predicted molar refractivity (Wildman–Crippen MR) is 131 cm³/mol. The van der Waals surface area contributed by atoms with Gasteiger partial charge in [-0.15, -0.1) is 0 Å². The smallest absolute Gasteiger partial charge is 0.343 e. The van der Waals surface area contributed by atoms with Crippen LogP contribution in [0.1, 0.15) is 21.5 Å². The molecule has 0 fully saturated rings. The molecule has 1 amide bonds. The molecule has 10 heteroatoms. The average Bonchev–Trinajstić information content (AvgIpc) is 2.88. The molecule has 0 spiro atoms. The Bertz CT molecular complexity index is 1390. The summed E-state index contributed by atoms with van der Waals surface area (Å²) < 4.78 is 15.7. The van der Waals surface area contributed by atoms with Gasteiger partial charge in [0.15, 0.2) is 11.5 Å². The topological polar surface area (TPSA) is 141 Å². The van der Waals surface area contributed by atoms with Gasteiger partial charge in [-0.05, 0) is 55.0 Å². The molecular weight excluding hydrogens is 466 g/mol. The molecule has 0 radical (unpaired) electrons. The molecule has 0 unspecified atom stereocenters. The zero-order chi connectivity index (χ0) is 26.2. The molecule has 0 aromatic heterocycles. The van der Waals surface area contributed by atoms with Gasteiger partial charge in [0.25, 0.3) is 11.6 Å². The van der Waals surface area contributed by atoms with E-state index in [-0.39, 0.29) is 34.2 Å². The number of nitrogens with one attached hydrogen (secondary N) is 1. The Morgan fingerprint density at radius 1 is 1.00 bits per heavy atom. The van der Waals surface area contributed by atoms with Crippen molar-refractivity contribution in [3.8, 4) is 23.3 Å². The zero-order valence-corrected chi connectivity index (χ0v) is 19.6. The number of methoxy groups -OCH3 is 2. The number of hydrogen-bond acceptors (Lipinski definition) is 8. The van der Waals surface area contributed by atoms with E-state index in [0.29, 0.717) is 11.1 Å². The number of esters is 1. The van der Waals surface area contributed by atoms with E-state index in [0.717, 1.165) is 11.6 Å². The van der Waals surface area contributed by atoms with Crippen LogP contribution in [0.15, 0.2) is 66.2 Å². The Kier molecular flexibility index (Phi) is 7.99. The zero-order valence-electron chi connectivity index (χ0n) is 19.6. The Morgan fingerprint density at radius 2 is 1.72 bits per heavy atom. The van der Waals surface area contributed by atoms with Crippen molar-refractivity contribution in [2.45, 2.75) is 6.92 Å². The normalized spacial score (nSPS) is 10.7. The SMILES string of the molecule is COc1ccc(NC(=O)/C(C#N)=C/c2ccc(OC(=O)c3ccc(C)cc3)c(OC)c2)c([N+](=O)[O-])c1. The van der Waals surface area contributed by atoms with Gasteiger partial charge in [0.05, 0.1) is 30.8 Å². The number of benzene rings is 3. The molecular formula is C26H21N3O7. The van der Waals surface area contributed by atoms with Crippen LogP contribution < -0.4 is 19.5 Å². The van der Waals surface area contributed by atoms with Gasteiger partial charge < -0.3 is 19.5 Å². The van der Waals surface area contributed by atoms with Gasteiger partial charge in [0, 0.05) is 0 Å². The van der Waals surface area contributed by atoms with Crippen LogP contribution in [-0.4, -0.2) is 31.0 Å². The van der Waals surface area contributed by atoms with Crippen LogP contribution in [0.5, 0.6) is 17.2 Å². The standard InChI is InChI=1S/C26H21N3O7/c1-16-4-7-18(8-5-16)26(31)36-23-11-6-17(13-24(23)35-3)12-19(15-27)25(30)28-21-10-9-20(34-2)14-22(21)29(32)33/h4-14H,1-3H3,(H,28,30)/b19-12+. The van der Waals surface area contributed by atoms with Crippen molar-refractivity contribution in [1.29, 1.82) is 5.26 Å². The first kappa shape index (κ1) is 25.5. The summed E-state index contributed by atoms with van der Waals surface area (Å²) in [6, 6.07) is 17.0. The third-order valence-electron chi connectivity index (χ3n) is 5.00. The van der Waals surface area contributed by atoms with Crippen molar-refractivity contribution in [1.82, 2.24) is 0 Å². The number of nitro benzene ring substituents is 1. The summed E-state index contributed by atoms with van der Waals surface area (Å²) in [4.78, 5) is 35.8. The quantitative estimate of drug-likeness (QED) is 0.121. The summed E-state index contributed by atoms with van der Waals surface area (Å²) in [6.45, 7) is 1.90. The summed E-state index contributed by atoms with van der Waals surface area (Å²) in [5, 5.41) is 23.2. The monoisotopic (exact) mass is 487 g/mol. The first-order valence-electron chi connectivity index (χ1n) is 10.5. The van der Waals surface area contributed by atoms with Crippen molar-refractivity contribution >= 4 is 29.3 Å². The van der Waals surface area contributed by atoms with E-state index in [4.69, 9.17) is 14.2 Å². The van der Waals surface area contributed by atoms with Crippen LogP contribution in [-0.2, 0) is 4.79 Å². The van der Waals surface area contributed by atoms with Gasteiger partial charge in [-0.25, -0.2) is 4.79 Å². The number of hydrogen-bond donors (Lipinski definition) is 1. The molecule has 182 valence electrons. The Hall–Kier alpha value is -5.17. The summed E-state index contributed by atoms with van der Waals surface area (Å²) >= 11 is 0. The number of nitro groups is 1. The van der Waals surface area contributed by atoms with Crippen molar-refractivity contribution in [3.63, 3.8) is 0 Å². The first-order chi connectivity index (χ1) is 17.2. The second-order valence-electron chi connectivity index (χ2n) is 7.43. The fraction of sp³-hybridized carbons (Fsp3) is 0.115. The molecule has 0 bridgehead atoms. The highest BCUT2D eigenvalue weighted by molar-refractivity contribution is 6.10. The number of nitriles is 1. The van der Waals surface area contributed by atoms with Crippen molar-refractivity contribution in [2.24, 2.45) is 0 Å².